The molecule has 18 heavy (non-hydrogen) atoms. The van der Waals surface area contributed by atoms with E-state index in [4.69, 9.17) is 4.42 Å². The van der Waals surface area contributed by atoms with Crippen LogP contribution in [0.2, 0.25) is 0 Å². The Hall–Kier alpha value is -1.28. The molecule has 0 radical (unpaired) electrons. The van der Waals surface area contributed by atoms with Gasteiger partial charge in [0.15, 0.2) is 0 Å². The van der Waals surface area contributed by atoms with E-state index in [-0.39, 0.29) is 5.54 Å². The minimum absolute atomic E-state index is 0.249. The van der Waals surface area contributed by atoms with Crippen molar-refractivity contribution >= 4 is 11.0 Å². The smallest absolute Gasteiger partial charge is 0.134 e. The summed E-state index contributed by atoms with van der Waals surface area (Å²) in [6, 6.07) is 10.3. The number of rotatable bonds is 6. The zero-order valence-electron chi connectivity index (χ0n) is 11.6. The summed E-state index contributed by atoms with van der Waals surface area (Å²) in [5.74, 6) is 1.02. The first-order valence-electron chi connectivity index (χ1n) is 6.95. The van der Waals surface area contributed by atoms with Gasteiger partial charge in [-0.25, -0.2) is 0 Å². The van der Waals surface area contributed by atoms with E-state index >= 15 is 0 Å². The molecule has 1 aromatic carbocycles. The second-order valence-corrected chi connectivity index (χ2v) is 4.95. The van der Waals surface area contributed by atoms with Gasteiger partial charge >= 0.3 is 0 Å². The molecular weight excluding hydrogens is 222 g/mol. The predicted octanol–water partition coefficient (Wildman–Crippen LogP) is 4.49. The first kappa shape index (κ1) is 13.2. The van der Waals surface area contributed by atoms with Gasteiger partial charge in [-0.1, -0.05) is 39.0 Å². The van der Waals surface area contributed by atoms with Crippen LogP contribution in [0, 0.1) is 0 Å². The van der Waals surface area contributed by atoms with Crippen LogP contribution < -0.4 is 5.32 Å². The summed E-state index contributed by atoms with van der Waals surface area (Å²) in [6.07, 6.45) is 3.46. The van der Waals surface area contributed by atoms with Crippen LogP contribution in [-0.2, 0) is 6.54 Å². The van der Waals surface area contributed by atoms with Crippen LogP contribution >= 0.6 is 0 Å². The molecule has 0 spiro atoms. The molecule has 0 amide bonds. The standard InChI is InChI=1S/C16H23NO/c1-4-16(5-2,6-3)17-12-14-11-13-9-7-8-10-15(13)18-14/h7-11,17H,4-6,12H2,1-3H3. The Morgan fingerprint density at radius 3 is 2.33 bits per heavy atom. The number of para-hydroxylation sites is 1. The molecule has 0 unspecified atom stereocenters. The van der Waals surface area contributed by atoms with E-state index in [1.807, 2.05) is 18.2 Å². The molecular formula is C16H23NO. The van der Waals surface area contributed by atoms with Crippen molar-refractivity contribution in [2.45, 2.75) is 52.1 Å². The van der Waals surface area contributed by atoms with Crippen molar-refractivity contribution in [1.29, 1.82) is 0 Å². The highest BCUT2D eigenvalue weighted by Gasteiger charge is 2.23. The van der Waals surface area contributed by atoms with E-state index in [1.54, 1.807) is 0 Å². The largest absolute Gasteiger partial charge is 0.460 e. The van der Waals surface area contributed by atoms with Crippen LogP contribution in [0.1, 0.15) is 45.8 Å². The highest BCUT2D eigenvalue weighted by molar-refractivity contribution is 5.77. The third kappa shape index (κ3) is 2.59. The van der Waals surface area contributed by atoms with Crippen LogP contribution in [0.5, 0.6) is 0 Å². The summed E-state index contributed by atoms with van der Waals surface area (Å²) >= 11 is 0. The third-order valence-electron chi connectivity index (χ3n) is 4.14. The number of furan rings is 1. The Bertz CT molecular complexity index is 455. The Labute approximate surface area is 109 Å². The molecule has 0 bridgehead atoms. The van der Waals surface area contributed by atoms with Gasteiger partial charge in [0.2, 0.25) is 0 Å². The summed E-state index contributed by atoms with van der Waals surface area (Å²) in [5.41, 5.74) is 1.23. The monoisotopic (exact) mass is 245 g/mol. The van der Waals surface area contributed by atoms with Crippen LogP contribution in [-0.4, -0.2) is 5.54 Å². The summed E-state index contributed by atoms with van der Waals surface area (Å²) in [5, 5.41) is 4.85. The Balaban J connectivity index is 2.09. The summed E-state index contributed by atoms with van der Waals surface area (Å²) in [6.45, 7) is 7.56. The average Bonchev–Trinajstić information content (AvgIpc) is 2.84. The molecule has 98 valence electrons. The number of fused-ring (bicyclic) bond motifs is 1. The lowest BCUT2D eigenvalue weighted by Gasteiger charge is -2.31. The lowest BCUT2D eigenvalue weighted by atomic mass is 9.90. The van der Waals surface area contributed by atoms with Crippen molar-refractivity contribution in [2.75, 3.05) is 0 Å². The molecule has 1 aromatic heterocycles. The molecule has 0 atom stereocenters. The number of nitrogens with one attached hydrogen (secondary N) is 1. The second kappa shape index (κ2) is 5.57. The highest BCUT2D eigenvalue weighted by Crippen LogP contribution is 2.22. The van der Waals surface area contributed by atoms with Gasteiger partial charge in [-0.05, 0) is 31.4 Å². The molecule has 1 N–H and O–H groups in total. The fourth-order valence-electron chi connectivity index (χ4n) is 2.52. The fourth-order valence-corrected chi connectivity index (χ4v) is 2.52. The second-order valence-electron chi connectivity index (χ2n) is 4.95. The molecule has 2 rings (SSSR count). The topological polar surface area (TPSA) is 25.2 Å². The van der Waals surface area contributed by atoms with E-state index in [9.17, 15) is 0 Å². The van der Waals surface area contributed by atoms with E-state index < -0.39 is 0 Å². The molecule has 1 heterocycles. The highest BCUT2D eigenvalue weighted by atomic mass is 16.3. The van der Waals surface area contributed by atoms with Gasteiger partial charge in [-0.3, -0.25) is 0 Å². The zero-order chi connectivity index (χ0) is 13.0. The van der Waals surface area contributed by atoms with Crippen molar-refractivity contribution in [3.05, 3.63) is 36.1 Å². The minimum atomic E-state index is 0.249. The Kier molecular flexibility index (Phi) is 4.07. The van der Waals surface area contributed by atoms with Crippen molar-refractivity contribution in [2.24, 2.45) is 0 Å². The van der Waals surface area contributed by atoms with Gasteiger partial charge in [0.1, 0.15) is 11.3 Å². The van der Waals surface area contributed by atoms with Gasteiger partial charge in [0.05, 0.1) is 6.54 Å². The molecule has 2 heteroatoms. The lowest BCUT2D eigenvalue weighted by molar-refractivity contribution is 0.278. The van der Waals surface area contributed by atoms with Crippen molar-refractivity contribution in [3.8, 4) is 0 Å². The number of hydrogen-bond donors (Lipinski definition) is 1. The first-order chi connectivity index (χ1) is 8.73. The first-order valence-corrected chi connectivity index (χ1v) is 6.95. The molecule has 2 aromatic rings. The van der Waals surface area contributed by atoms with Crippen LogP contribution in [0.25, 0.3) is 11.0 Å². The van der Waals surface area contributed by atoms with Gasteiger partial charge in [0.25, 0.3) is 0 Å². The molecule has 0 fully saturated rings. The molecule has 0 saturated heterocycles. The SMILES string of the molecule is CCC(CC)(CC)NCc1cc2ccccc2o1. The Morgan fingerprint density at radius 1 is 1.06 bits per heavy atom. The maximum absolute atomic E-state index is 5.83. The molecule has 0 aliphatic carbocycles. The fraction of sp³-hybridized carbons (Fsp3) is 0.500. The van der Waals surface area contributed by atoms with Crippen LogP contribution in [0.4, 0.5) is 0 Å². The Morgan fingerprint density at radius 2 is 1.72 bits per heavy atom. The van der Waals surface area contributed by atoms with Gasteiger partial charge < -0.3 is 9.73 Å². The maximum atomic E-state index is 5.83. The normalized spacial score (nSPS) is 12.2. The molecule has 0 aliphatic rings. The number of benzene rings is 1. The molecule has 0 aliphatic heterocycles. The summed E-state index contributed by atoms with van der Waals surface area (Å²) in [7, 11) is 0. The lowest BCUT2D eigenvalue weighted by Crippen LogP contribution is -2.42. The van der Waals surface area contributed by atoms with Crippen molar-refractivity contribution in [3.63, 3.8) is 0 Å². The van der Waals surface area contributed by atoms with E-state index in [1.165, 1.54) is 5.39 Å². The van der Waals surface area contributed by atoms with Gasteiger partial charge in [-0.2, -0.15) is 0 Å². The van der Waals surface area contributed by atoms with Crippen molar-refractivity contribution < 1.29 is 4.42 Å². The van der Waals surface area contributed by atoms with Crippen molar-refractivity contribution in [1.82, 2.24) is 5.32 Å². The minimum Gasteiger partial charge on any atom is -0.460 e. The maximum Gasteiger partial charge on any atom is 0.134 e. The van der Waals surface area contributed by atoms with E-state index in [0.717, 1.165) is 37.2 Å². The molecule has 0 saturated carbocycles. The zero-order valence-corrected chi connectivity index (χ0v) is 11.6. The van der Waals surface area contributed by atoms with Gasteiger partial charge in [-0.15, -0.1) is 0 Å². The quantitative estimate of drug-likeness (QED) is 0.811. The van der Waals surface area contributed by atoms with Crippen LogP contribution in [0.3, 0.4) is 0 Å². The molecule has 2 nitrogen and oxygen atoms in total. The van der Waals surface area contributed by atoms with Crippen LogP contribution in [0.15, 0.2) is 34.7 Å². The summed E-state index contributed by atoms with van der Waals surface area (Å²) < 4.78 is 5.83. The third-order valence-corrected chi connectivity index (χ3v) is 4.14. The summed E-state index contributed by atoms with van der Waals surface area (Å²) in [4.78, 5) is 0. The number of hydrogen-bond acceptors (Lipinski definition) is 2. The predicted molar refractivity (Wildman–Crippen MR) is 76.7 cm³/mol. The van der Waals surface area contributed by atoms with E-state index in [2.05, 4.69) is 38.2 Å². The average molecular weight is 245 g/mol. The van der Waals surface area contributed by atoms with Gasteiger partial charge in [0, 0.05) is 10.9 Å². The van der Waals surface area contributed by atoms with E-state index in [0.29, 0.717) is 0 Å².